The second-order valence-corrected chi connectivity index (χ2v) is 6.09. The number of carbonyl (C=O) groups excluding carboxylic acids is 1. The Morgan fingerprint density at radius 2 is 1.81 bits per heavy atom. The molecule has 0 saturated carbocycles. The van der Waals surface area contributed by atoms with Gasteiger partial charge in [0.2, 0.25) is 0 Å². The van der Waals surface area contributed by atoms with Crippen LogP contribution in [0.5, 0.6) is 0 Å². The Balaban J connectivity index is 1.78. The van der Waals surface area contributed by atoms with Gasteiger partial charge in [0.15, 0.2) is 5.78 Å². The van der Waals surface area contributed by atoms with Crippen molar-refractivity contribution in [3.63, 3.8) is 0 Å². The fraction of sp³-hybridized carbons (Fsp3) is 0.105. The minimum absolute atomic E-state index is 0.00217. The number of halogens is 1. The van der Waals surface area contributed by atoms with Crippen LogP contribution >= 0.6 is 11.6 Å². The summed E-state index contributed by atoms with van der Waals surface area (Å²) in [6.45, 7) is 0. The summed E-state index contributed by atoms with van der Waals surface area (Å²) in [5.74, 6) is 0.531. The van der Waals surface area contributed by atoms with Crippen molar-refractivity contribution in [1.82, 2.24) is 0 Å². The lowest BCUT2D eigenvalue weighted by molar-refractivity contribution is -0.384. The molecule has 1 aromatic heterocycles. The Hall–Kier alpha value is -3.12. The molecule has 6 nitrogen and oxygen atoms in total. The van der Waals surface area contributed by atoms with Crippen molar-refractivity contribution in [1.29, 1.82) is 0 Å². The molecular formula is C19H15ClN2O4. The van der Waals surface area contributed by atoms with E-state index in [4.69, 9.17) is 16.0 Å². The number of rotatable bonds is 7. The molecule has 0 aliphatic rings. The maximum atomic E-state index is 12.6. The number of Topliss-reactive ketones (excluding diaryl/α,β-unsaturated/α-hetero) is 1. The van der Waals surface area contributed by atoms with Crippen molar-refractivity contribution in [2.24, 2.45) is 0 Å². The zero-order valence-corrected chi connectivity index (χ0v) is 14.3. The zero-order chi connectivity index (χ0) is 18.5. The van der Waals surface area contributed by atoms with Gasteiger partial charge in [-0.1, -0.05) is 11.6 Å². The summed E-state index contributed by atoms with van der Waals surface area (Å²) < 4.78 is 5.44. The summed E-state index contributed by atoms with van der Waals surface area (Å²) in [6.07, 6.45) is 1.69. The molecule has 26 heavy (non-hydrogen) atoms. The Kier molecular flexibility index (Phi) is 5.34. The van der Waals surface area contributed by atoms with E-state index in [0.717, 1.165) is 0 Å². The van der Waals surface area contributed by atoms with E-state index in [1.54, 1.807) is 48.5 Å². The van der Waals surface area contributed by atoms with Crippen molar-refractivity contribution in [2.45, 2.75) is 12.5 Å². The smallest absolute Gasteiger partial charge is 0.269 e. The van der Waals surface area contributed by atoms with Gasteiger partial charge >= 0.3 is 0 Å². The monoisotopic (exact) mass is 370 g/mol. The van der Waals surface area contributed by atoms with E-state index in [1.807, 2.05) is 0 Å². The number of benzene rings is 2. The third-order valence-electron chi connectivity index (χ3n) is 3.86. The number of anilines is 1. The summed E-state index contributed by atoms with van der Waals surface area (Å²) >= 11 is 5.86. The Morgan fingerprint density at radius 3 is 2.38 bits per heavy atom. The van der Waals surface area contributed by atoms with Crippen LogP contribution in [0.3, 0.4) is 0 Å². The van der Waals surface area contributed by atoms with Gasteiger partial charge < -0.3 is 9.73 Å². The second-order valence-electron chi connectivity index (χ2n) is 5.65. The summed E-state index contributed by atoms with van der Waals surface area (Å²) in [5.41, 5.74) is 1.21. The van der Waals surface area contributed by atoms with Gasteiger partial charge in [0.05, 0.1) is 17.2 Å². The molecule has 0 spiro atoms. The molecule has 0 bridgehead atoms. The predicted molar refractivity (Wildman–Crippen MR) is 98.6 cm³/mol. The van der Waals surface area contributed by atoms with Crippen LogP contribution in [0.2, 0.25) is 5.02 Å². The van der Waals surface area contributed by atoms with E-state index in [-0.39, 0.29) is 17.9 Å². The van der Waals surface area contributed by atoms with Crippen LogP contribution in [0, 0.1) is 10.1 Å². The van der Waals surface area contributed by atoms with E-state index in [9.17, 15) is 14.9 Å². The summed E-state index contributed by atoms with van der Waals surface area (Å²) in [7, 11) is 0. The lowest BCUT2D eigenvalue weighted by Crippen LogP contribution is -2.15. The molecule has 1 N–H and O–H groups in total. The number of nitrogens with zero attached hydrogens (tertiary/aromatic N) is 1. The lowest BCUT2D eigenvalue weighted by atomic mass is 10.0. The molecule has 0 aliphatic heterocycles. The molecule has 0 aliphatic carbocycles. The number of ketones is 1. The first-order valence-electron chi connectivity index (χ1n) is 7.86. The SMILES string of the molecule is O=C(C[C@@H](Nc1ccc([N+](=O)[O-])cc1)c1ccco1)c1ccc(Cl)cc1. The molecule has 0 fully saturated rings. The molecule has 1 atom stereocenters. The van der Waals surface area contributed by atoms with Gasteiger partial charge in [-0.25, -0.2) is 0 Å². The van der Waals surface area contributed by atoms with Crippen LogP contribution in [0.4, 0.5) is 11.4 Å². The number of hydrogen-bond acceptors (Lipinski definition) is 5. The molecule has 0 saturated heterocycles. The molecular weight excluding hydrogens is 356 g/mol. The van der Waals surface area contributed by atoms with Crippen molar-refractivity contribution in [3.8, 4) is 0 Å². The number of carbonyl (C=O) groups is 1. The summed E-state index contributed by atoms with van der Waals surface area (Å²) in [6, 6.07) is 15.8. The Bertz CT molecular complexity index is 890. The fourth-order valence-electron chi connectivity index (χ4n) is 2.53. The van der Waals surface area contributed by atoms with Gasteiger partial charge in [-0.3, -0.25) is 14.9 Å². The highest BCUT2D eigenvalue weighted by molar-refractivity contribution is 6.30. The highest BCUT2D eigenvalue weighted by atomic mass is 35.5. The van der Waals surface area contributed by atoms with Crippen molar-refractivity contribution in [2.75, 3.05) is 5.32 Å². The highest BCUT2D eigenvalue weighted by Gasteiger charge is 2.20. The van der Waals surface area contributed by atoms with E-state index in [1.165, 1.54) is 18.4 Å². The maximum Gasteiger partial charge on any atom is 0.269 e. The predicted octanol–water partition coefficient (Wildman–Crippen LogP) is 5.27. The third kappa shape index (κ3) is 4.29. The molecule has 132 valence electrons. The van der Waals surface area contributed by atoms with Gasteiger partial charge in [-0.2, -0.15) is 0 Å². The van der Waals surface area contributed by atoms with Crippen LogP contribution in [0.15, 0.2) is 71.3 Å². The molecule has 7 heteroatoms. The van der Waals surface area contributed by atoms with Gasteiger partial charge in [-0.15, -0.1) is 0 Å². The average Bonchev–Trinajstić information content (AvgIpc) is 3.16. The summed E-state index contributed by atoms with van der Waals surface area (Å²) in [5, 5.41) is 14.5. The molecule has 3 aromatic rings. The van der Waals surface area contributed by atoms with Crippen LogP contribution in [0.1, 0.15) is 28.6 Å². The van der Waals surface area contributed by atoms with Crippen LogP contribution in [0.25, 0.3) is 0 Å². The van der Waals surface area contributed by atoms with E-state index < -0.39 is 11.0 Å². The van der Waals surface area contributed by atoms with E-state index >= 15 is 0 Å². The van der Waals surface area contributed by atoms with Crippen molar-refractivity contribution < 1.29 is 14.1 Å². The highest BCUT2D eigenvalue weighted by Crippen LogP contribution is 2.26. The first kappa shape index (κ1) is 17.7. The molecule has 0 unspecified atom stereocenters. The molecule has 1 heterocycles. The van der Waals surface area contributed by atoms with Gasteiger partial charge in [0, 0.05) is 34.8 Å². The standard InChI is InChI=1S/C19H15ClN2O4/c20-14-5-3-13(4-6-14)18(23)12-17(19-2-1-11-26-19)21-15-7-9-16(10-8-15)22(24)25/h1-11,17,21H,12H2/t17-/m1/s1. The van der Waals surface area contributed by atoms with Gasteiger partial charge in [-0.05, 0) is 48.5 Å². The van der Waals surface area contributed by atoms with E-state index in [2.05, 4.69) is 5.32 Å². The quantitative estimate of drug-likeness (QED) is 0.348. The number of nitro groups is 1. The molecule has 2 aromatic carbocycles. The maximum absolute atomic E-state index is 12.6. The van der Waals surface area contributed by atoms with Gasteiger partial charge in [0.1, 0.15) is 5.76 Å². The van der Waals surface area contributed by atoms with Crippen LogP contribution in [-0.4, -0.2) is 10.7 Å². The second kappa shape index (κ2) is 7.84. The number of hydrogen-bond donors (Lipinski definition) is 1. The number of nitrogens with one attached hydrogen (secondary N) is 1. The van der Waals surface area contributed by atoms with Crippen molar-refractivity contribution >= 4 is 28.8 Å². The zero-order valence-electron chi connectivity index (χ0n) is 13.6. The number of furan rings is 1. The largest absolute Gasteiger partial charge is 0.467 e. The van der Waals surface area contributed by atoms with Crippen molar-refractivity contribution in [3.05, 3.63) is 93.4 Å². The first-order valence-corrected chi connectivity index (χ1v) is 8.24. The third-order valence-corrected chi connectivity index (χ3v) is 4.11. The van der Waals surface area contributed by atoms with Crippen LogP contribution < -0.4 is 5.32 Å². The molecule has 0 radical (unpaired) electrons. The topological polar surface area (TPSA) is 85.4 Å². The minimum Gasteiger partial charge on any atom is -0.467 e. The lowest BCUT2D eigenvalue weighted by Gasteiger charge is -2.17. The number of nitro benzene ring substituents is 1. The average molecular weight is 371 g/mol. The summed E-state index contributed by atoms with van der Waals surface area (Å²) in [4.78, 5) is 22.9. The Labute approximate surface area is 154 Å². The molecule has 0 amide bonds. The minimum atomic E-state index is -0.460. The van der Waals surface area contributed by atoms with Crippen LogP contribution in [-0.2, 0) is 0 Å². The first-order chi connectivity index (χ1) is 12.5. The molecule has 3 rings (SSSR count). The normalized spacial score (nSPS) is 11.7. The van der Waals surface area contributed by atoms with Gasteiger partial charge in [0.25, 0.3) is 5.69 Å². The number of non-ortho nitro benzene ring substituents is 1. The van der Waals surface area contributed by atoms with E-state index in [0.29, 0.717) is 22.0 Å². The fourth-order valence-corrected chi connectivity index (χ4v) is 2.66. The Morgan fingerprint density at radius 1 is 1.12 bits per heavy atom.